The molecule has 0 atom stereocenters. The fourth-order valence-electron chi connectivity index (χ4n) is 3.35. The SMILES string of the molecule is CCCOc1ccc(CNC(=O)c2[nH]c3cc(C)ccc3c2Sc2ccccc2)cc1. The third-order valence-corrected chi connectivity index (χ3v) is 6.08. The Kier molecular flexibility index (Phi) is 6.63. The van der Waals surface area contributed by atoms with E-state index >= 15 is 0 Å². The Hall–Kier alpha value is -3.18. The molecule has 1 heterocycles. The van der Waals surface area contributed by atoms with Gasteiger partial charge in [-0.25, -0.2) is 0 Å². The second kappa shape index (κ2) is 9.75. The van der Waals surface area contributed by atoms with Crippen molar-refractivity contribution in [3.63, 3.8) is 0 Å². The highest BCUT2D eigenvalue weighted by atomic mass is 32.2. The summed E-state index contributed by atoms with van der Waals surface area (Å²) in [5, 5.41) is 4.11. The summed E-state index contributed by atoms with van der Waals surface area (Å²) in [6.45, 7) is 5.30. The molecular weight excluding hydrogens is 404 g/mol. The van der Waals surface area contributed by atoms with E-state index in [-0.39, 0.29) is 5.91 Å². The highest BCUT2D eigenvalue weighted by Gasteiger charge is 2.19. The molecule has 1 amide bonds. The second-order valence-corrected chi connectivity index (χ2v) is 8.55. The molecule has 0 saturated carbocycles. The minimum atomic E-state index is -0.112. The average molecular weight is 431 g/mol. The summed E-state index contributed by atoms with van der Waals surface area (Å²) in [5.74, 6) is 0.739. The number of amides is 1. The molecule has 5 heteroatoms. The summed E-state index contributed by atoms with van der Waals surface area (Å²) in [4.78, 5) is 18.5. The van der Waals surface area contributed by atoms with Gasteiger partial charge in [-0.05, 0) is 54.8 Å². The Labute approximate surface area is 187 Å². The van der Waals surface area contributed by atoms with Crippen LogP contribution in [0.4, 0.5) is 0 Å². The first-order valence-corrected chi connectivity index (χ1v) is 11.3. The second-order valence-electron chi connectivity index (χ2n) is 7.47. The van der Waals surface area contributed by atoms with Gasteiger partial charge in [-0.2, -0.15) is 0 Å². The molecule has 0 fully saturated rings. The van der Waals surface area contributed by atoms with Crippen molar-refractivity contribution in [1.29, 1.82) is 0 Å². The number of aromatic nitrogens is 1. The maximum Gasteiger partial charge on any atom is 0.269 e. The predicted molar refractivity (Wildman–Crippen MR) is 127 cm³/mol. The van der Waals surface area contributed by atoms with E-state index < -0.39 is 0 Å². The lowest BCUT2D eigenvalue weighted by molar-refractivity contribution is 0.0944. The van der Waals surface area contributed by atoms with Gasteiger partial charge >= 0.3 is 0 Å². The molecule has 1 aromatic heterocycles. The van der Waals surface area contributed by atoms with Gasteiger partial charge in [-0.1, -0.05) is 61.2 Å². The van der Waals surface area contributed by atoms with Crippen LogP contribution in [0.1, 0.15) is 35.0 Å². The number of carbonyl (C=O) groups is 1. The van der Waals surface area contributed by atoms with Gasteiger partial charge < -0.3 is 15.0 Å². The van der Waals surface area contributed by atoms with Crippen molar-refractivity contribution in [2.75, 3.05) is 6.61 Å². The molecule has 0 aliphatic carbocycles. The van der Waals surface area contributed by atoms with E-state index in [1.807, 2.05) is 42.5 Å². The number of nitrogens with one attached hydrogen (secondary N) is 2. The summed E-state index contributed by atoms with van der Waals surface area (Å²) in [5.41, 5.74) is 3.75. The van der Waals surface area contributed by atoms with Crippen molar-refractivity contribution in [1.82, 2.24) is 10.3 Å². The minimum absolute atomic E-state index is 0.112. The molecule has 158 valence electrons. The van der Waals surface area contributed by atoms with Crippen LogP contribution >= 0.6 is 11.8 Å². The smallest absolute Gasteiger partial charge is 0.269 e. The standard InChI is InChI=1S/C26H26N2O2S/c1-3-15-30-20-12-10-19(11-13-20)17-27-26(29)24-25(31-21-7-5-4-6-8-21)22-14-9-18(2)16-23(22)28-24/h4-14,16,28H,3,15,17H2,1-2H3,(H,27,29). The van der Waals surface area contributed by atoms with Crippen LogP contribution in [0.25, 0.3) is 10.9 Å². The van der Waals surface area contributed by atoms with E-state index in [2.05, 4.69) is 54.5 Å². The zero-order valence-corrected chi connectivity index (χ0v) is 18.6. The van der Waals surface area contributed by atoms with E-state index in [1.165, 1.54) is 0 Å². The maximum atomic E-state index is 13.1. The molecule has 31 heavy (non-hydrogen) atoms. The summed E-state index contributed by atoms with van der Waals surface area (Å²) in [7, 11) is 0. The van der Waals surface area contributed by atoms with Gasteiger partial charge in [-0.15, -0.1) is 0 Å². The van der Waals surface area contributed by atoms with Gasteiger partial charge in [0.15, 0.2) is 0 Å². The Morgan fingerprint density at radius 2 is 1.81 bits per heavy atom. The van der Waals surface area contributed by atoms with E-state index in [1.54, 1.807) is 11.8 Å². The van der Waals surface area contributed by atoms with E-state index in [9.17, 15) is 4.79 Å². The van der Waals surface area contributed by atoms with Crippen molar-refractivity contribution >= 4 is 28.6 Å². The lowest BCUT2D eigenvalue weighted by Gasteiger charge is -2.08. The van der Waals surface area contributed by atoms with Crippen LogP contribution in [0.2, 0.25) is 0 Å². The first-order valence-electron chi connectivity index (χ1n) is 10.5. The number of carbonyl (C=O) groups excluding carboxylic acids is 1. The molecule has 0 spiro atoms. The molecule has 0 aliphatic rings. The van der Waals surface area contributed by atoms with Crippen molar-refractivity contribution in [2.24, 2.45) is 0 Å². The van der Waals surface area contributed by atoms with Crippen LogP contribution in [0, 0.1) is 6.92 Å². The van der Waals surface area contributed by atoms with Gasteiger partial charge in [0.25, 0.3) is 5.91 Å². The number of ether oxygens (including phenoxy) is 1. The predicted octanol–water partition coefficient (Wildman–Crippen LogP) is 6.35. The van der Waals surface area contributed by atoms with Gasteiger partial charge in [0.2, 0.25) is 0 Å². The molecule has 0 aliphatic heterocycles. The molecule has 4 rings (SSSR count). The van der Waals surface area contributed by atoms with E-state index in [0.717, 1.165) is 44.0 Å². The lowest BCUT2D eigenvalue weighted by Crippen LogP contribution is -2.23. The van der Waals surface area contributed by atoms with Crippen LogP contribution in [-0.2, 0) is 6.54 Å². The zero-order valence-electron chi connectivity index (χ0n) is 17.8. The molecule has 4 nitrogen and oxygen atoms in total. The number of aromatic amines is 1. The maximum absolute atomic E-state index is 13.1. The Bertz CT molecular complexity index is 1170. The summed E-state index contributed by atoms with van der Waals surface area (Å²) in [6, 6.07) is 24.2. The third kappa shape index (κ3) is 5.12. The van der Waals surface area contributed by atoms with Crippen LogP contribution in [0.3, 0.4) is 0 Å². The molecule has 2 N–H and O–H groups in total. The van der Waals surface area contributed by atoms with Gasteiger partial charge in [0, 0.05) is 22.3 Å². The quantitative estimate of drug-likeness (QED) is 0.343. The monoisotopic (exact) mass is 430 g/mol. The Balaban J connectivity index is 1.54. The highest BCUT2D eigenvalue weighted by molar-refractivity contribution is 7.99. The lowest BCUT2D eigenvalue weighted by atomic mass is 10.2. The number of rotatable bonds is 8. The van der Waals surface area contributed by atoms with Crippen molar-refractivity contribution in [2.45, 2.75) is 36.6 Å². The summed E-state index contributed by atoms with van der Waals surface area (Å²) in [6.07, 6.45) is 0.977. The van der Waals surface area contributed by atoms with Crippen LogP contribution in [0.15, 0.2) is 82.6 Å². The van der Waals surface area contributed by atoms with E-state index in [0.29, 0.717) is 18.8 Å². The van der Waals surface area contributed by atoms with Crippen molar-refractivity contribution in [3.05, 3.63) is 89.6 Å². The van der Waals surface area contributed by atoms with Gasteiger partial charge in [0.1, 0.15) is 11.4 Å². The summed E-state index contributed by atoms with van der Waals surface area (Å²) < 4.78 is 5.63. The zero-order chi connectivity index (χ0) is 21.6. The fourth-order valence-corrected chi connectivity index (χ4v) is 4.41. The van der Waals surface area contributed by atoms with Crippen LogP contribution < -0.4 is 10.1 Å². The molecule has 0 saturated heterocycles. The number of hydrogen-bond acceptors (Lipinski definition) is 3. The molecule has 4 aromatic rings. The molecule has 0 radical (unpaired) electrons. The third-order valence-electron chi connectivity index (χ3n) is 4.95. The Morgan fingerprint density at radius 1 is 1.03 bits per heavy atom. The summed E-state index contributed by atoms with van der Waals surface area (Å²) >= 11 is 1.61. The average Bonchev–Trinajstić information content (AvgIpc) is 3.14. The van der Waals surface area contributed by atoms with Crippen molar-refractivity contribution < 1.29 is 9.53 Å². The molecule has 0 unspecified atom stereocenters. The first-order chi connectivity index (χ1) is 15.1. The van der Waals surface area contributed by atoms with Crippen LogP contribution in [0.5, 0.6) is 5.75 Å². The number of hydrogen-bond donors (Lipinski definition) is 2. The highest BCUT2D eigenvalue weighted by Crippen LogP contribution is 2.37. The first kappa shape index (κ1) is 21.1. The molecular formula is C26H26N2O2S. The van der Waals surface area contributed by atoms with E-state index in [4.69, 9.17) is 4.74 Å². The minimum Gasteiger partial charge on any atom is -0.494 e. The number of benzene rings is 3. The van der Waals surface area contributed by atoms with Gasteiger partial charge in [-0.3, -0.25) is 4.79 Å². The molecule has 3 aromatic carbocycles. The van der Waals surface area contributed by atoms with Crippen molar-refractivity contribution in [3.8, 4) is 5.75 Å². The van der Waals surface area contributed by atoms with Gasteiger partial charge in [0.05, 0.1) is 11.5 Å². The normalized spacial score (nSPS) is 10.9. The largest absolute Gasteiger partial charge is 0.494 e. The number of aryl methyl sites for hydroxylation is 1. The molecule has 0 bridgehead atoms. The number of H-pyrrole nitrogens is 1. The Morgan fingerprint density at radius 3 is 2.55 bits per heavy atom. The fraction of sp³-hybridized carbons (Fsp3) is 0.192. The van der Waals surface area contributed by atoms with Crippen LogP contribution in [-0.4, -0.2) is 17.5 Å². The number of fused-ring (bicyclic) bond motifs is 1. The topological polar surface area (TPSA) is 54.1 Å².